The number of likely N-dealkylation sites (tertiary alicyclic amines) is 1. The molecule has 2 aliphatic rings. The minimum atomic E-state index is -1.26. The van der Waals surface area contributed by atoms with Crippen molar-refractivity contribution in [3.63, 3.8) is 0 Å². The highest BCUT2D eigenvalue weighted by molar-refractivity contribution is 5.90. The van der Waals surface area contributed by atoms with E-state index in [1.54, 1.807) is 0 Å². The number of nitrogens with one attached hydrogen (secondary N) is 2. The van der Waals surface area contributed by atoms with Gasteiger partial charge in [-0.1, -0.05) is 31.2 Å². The van der Waals surface area contributed by atoms with E-state index < -0.39 is 23.9 Å². The van der Waals surface area contributed by atoms with Crippen LogP contribution in [0.2, 0.25) is 0 Å². The third-order valence-electron chi connectivity index (χ3n) is 8.90. The van der Waals surface area contributed by atoms with Gasteiger partial charge in [-0.15, -0.1) is 0 Å². The Labute approximate surface area is 313 Å². The van der Waals surface area contributed by atoms with Crippen LogP contribution >= 0.6 is 0 Å². The lowest BCUT2D eigenvalue weighted by Crippen LogP contribution is -2.29. The van der Waals surface area contributed by atoms with Gasteiger partial charge >= 0.3 is 23.9 Å². The molecule has 6 rings (SSSR count). The first-order valence-electron chi connectivity index (χ1n) is 17.9. The van der Waals surface area contributed by atoms with Gasteiger partial charge in [-0.05, 0) is 98.6 Å². The molecule has 0 radical (unpaired) electrons. The van der Waals surface area contributed by atoms with Crippen molar-refractivity contribution in [1.82, 2.24) is 24.8 Å². The summed E-state index contributed by atoms with van der Waals surface area (Å²) in [5.41, 5.74) is 12.2. The predicted molar refractivity (Wildman–Crippen MR) is 205 cm³/mol. The third kappa shape index (κ3) is 12.4. The van der Waals surface area contributed by atoms with E-state index in [0.29, 0.717) is 24.3 Å². The topological polar surface area (TPSA) is 207 Å². The maximum atomic E-state index is 9.55. The summed E-state index contributed by atoms with van der Waals surface area (Å²) >= 11 is 0. The van der Waals surface area contributed by atoms with Crippen molar-refractivity contribution in [2.24, 2.45) is 0 Å². The summed E-state index contributed by atoms with van der Waals surface area (Å²) in [6.07, 6.45) is 7.93. The summed E-state index contributed by atoms with van der Waals surface area (Å²) in [4.78, 5) is 50.6. The zero-order chi connectivity index (χ0) is 39.2. The largest absolute Gasteiger partial charge is 0.478 e. The molecule has 0 aliphatic carbocycles. The Hall–Kier alpha value is -5.86. The minimum Gasteiger partial charge on any atom is -0.478 e. The molecule has 2 aliphatic heterocycles. The Morgan fingerprint density at radius 2 is 1.31 bits per heavy atom. The van der Waals surface area contributed by atoms with Crippen LogP contribution in [0.15, 0.2) is 66.8 Å². The molecule has 1 saturated heterocycles. The summed E-state index contributed by atoms with van der Waals surface area (Å²) in [7, 11) is 0. The third-order valence-corrected chi connectivity index (χ3v) is 8.90. The summed E-state index contributed by atoms with van der Waals surface area (Å²) in [5, 5.41) is 38.6. The van der Waals surface area contributed by atoms with Gasteiger partial charge in [0, 0.05) is 67.4 Å². The number of rotatable bonds is 12. The van der Waals surface area contributed by atoms with Gasteiger partial charge in [0.1, 0.15) is 11.3 Å². The van der Waals surface area contributed by atoms with Crippen LogP contribution in [0.3, 0.4) is 0 Å². The fraction of sp³-hybridized carbons (Fsp3) is 0.350. The van der Waals surface area contributed by atoms with E-state index >= 15 is 0 Å². The van der Waals surface area contributed by atoms with Crippen LogP contribution < -0.4 is 10.6 Å². The number of hydrogen-bond acceptors (Lipinski definition) is 9. The molecule has 2 aromatic carbocycles. The van der Waals surface area contributed by atoms with Gasteiger partial charge in [0.15, 0.2) is 5.65 Å². The Morgan fingerprint density at radius 3 is 1.85 bits per heavy atom. The second-order valence-electron chi connectivity index (χ2n) is 13.1. The van der Waals surface area contributed by atoms with E-state index in [1.165, 1.54) is 65.1 Å². The van der Waals surface area contributed by atoms with Crippen molar-refractivity contribution in [2.45, 2.75) is 66.0 Å². The van der Waals surface area contributed by atoms with Gasteiger partial charge in [-0.2, -0.15) is 0 Å². The Bertz CT molecular complexity index is 1960. The van der Waals surface area contributed by atoms with Gasteiger partial charge in [-0.25, -0.2) is 29.1 Å². The van der Waals surface area contributed by atoms with Gasteiger partial charge in [0.25, 0.3) is 0 Å². The fourth-order valence-electron chi connectivity index (χ4n) is 6.40. The van der Waals surface area contributed by atoms with Crippen LogP contribution in [-0.2, 0) is 51.5 Å². The monoisotopic (exact) mass is 740 g/mol. The average Bonchev–Trinajstić information content (AvgIpc) is 3.73. The lowest BCUT2D eigenvalue weighted by molar-refractivity contribution is -0.134. The van der Waals surface area contributed by atoms with Crippen molar-refractivity contribution in [3.05, 3.63) is 106 Å². The van der Waals surface area contributed by atoms with Crippen molar-refractivity contribution >= 4 is 46.4 Å². The Balaban J connectivity index is 0.000000341. The van der Waals surface area contributed by atoms with Gasteiger partial charge < -0.3 is 40.5 Å². The lowest BCUT2D eigenvalue weighted by atomic mass is 10.0. The summed E-state index contributed by atoms with van der Waals surface area (Å²) in [6, 6.07) is 15.9. The highest BCUT2D eigenvalue weighted by Gasteiger charge is 2.17. The van der Waals surface area contributed by atoms with Gasteiger partial charge in [0.05, 0.1) is 6.54 Å². The first-order chi connectivity index (χ1) is 25.8. The number of anilines is 2. The number of aromatic nitrogens is 3. The average molecular weight is 741 g/mol. The molecule has 0 unspecified atom stereocenters. The van der Waals surface area contributed by atoms with Gasteiger partial charge in [0.2, 0.25) is 0 Å². The zero-order valence-corrected chi connectivity index (χ0v) is 30.8. The smallest absolute Gasteiger partial charge is 0.328 e. The SMILES string of the molecule is CCc1nc2c(C)cc(C)nc2n1Cc1ccc2c(c1)CCc1cc(CNCCN3CCCC3)ccc1N2.O=C(O)/C=C/C(=O)O.O=C(O)/C=C/C(=O)O. The Kier molecular flexibility index (Phi) is 15.0. The Morgan fingerprint density at radius 1 is 0.778 bits per heavy atom. The van der Waals surface area contributed by atoms with Crippen molar-refractivity contribution < 1.29 is 39.6 Å². The van der Waals surface area contributed by atoms with Gasteiger partial charge in [-0.3, -0.25) is 0 Å². The normalized spacial score (nSPS) is 13.6. The molecule has 0 spiro atoms. The van der Waals surface area contributed by atoms with Crippen molar-refractivity contribution in [2.75, 3.05) is 31.5 Å². The maximum absolute atomic E-state index is 9.55. The van der Waals surface area contributed by atoms with E-state index in [0.717, 1.165) is 68.1 Å². The summed E-state index contributed by atoms with van der Waals surface area (Å²) in [5.74, 6) is -3.93. The number of carbonyl (C=O) groups is 4. The second kappa shape index (κ2) is 19.8. The summed E-state index contributed by atoms with van der Waals surface area (Å²) in [6.45, 7) is 12.9. The lowest BCUT2D eigenvalue weighted by Gasteiger charge is -2.15. The number of benzene rings is 2. The molecule has 0 saturated carbocycles. The molecule has 286 valence electrons. The van der Waals surface area contributed by atoms with Crippen LogP contribution in [0.25, 0.3) is 11.2 Å². The molecule has 0 amide bonds. The minimum absolute atomic E-state index is 0.558. The molecule has 4 aromatic rings. The molecular formula is C40H48N6O8. The van der Waals surface area contributed by atoms with Crippen molar-refractivity contribution in [3.8, 4) is 0 Å². The molecule has 0 bridgehead atoms. The number of carboxylic acid groups (broad SMARTS) is 4. The predicted octanol–water partition coefficient (Wildman–Crippen LogP) is 5.11. The number of pyridine rings is 1. The van der Waals surface area contributed by atoms with Crippen LogP contribution in [0.1, 0.15) is 59.1 Å². The second-order valence-corrected chi connectivity index (χ2v) is 13.1. The number of carboxylic acids is 4. The molecule has 1 fully saturated rings. The van der Waals surface area contributed by atoms with Crippen LogP contribution in [-0.4, -0.2) is 89.9 Å². The molecule has 4 heterocycles. The molecule has 14 heteroatoms. The highest BCUT2D eigenvalue weighted by atomic mass is 16.4. The van der Waals surface area contributed by atoms with E-state index in [-0.39, 0.29) is 0 Å². The number of nitrogens with zero attached hydrogens (tertiary/aromatic N) is 4. The number of aliphatic carboxylic acids is 4. The molecule has 0 atom stereocenters. The fourth-order valence-corrected chi connectivity index (χ4v) is 6.40. The standard InChI is InChI=1S/C32H40N6.2C4H4O4/c1-4-30-36-31-22(2)17-23(3)34-32(31)38(30)21-25-8-12-29-27(19-25)10-9-26-18-24(7-11-28(26)35-29)20-33-13-16-37-14-5-6-15-37;2*5-3(6)1-2-4(7)8/h7-8,11-12,17-19,33,35H,4-6,9-10,13-16,20-21H2,1-3H3;2*1-2H,(H,5,6)(H,7,8)/b;2*2-1+. The van der Waals surface area contributed by atoms with Crippen LogP contribution in [0.5, 0.6) is 0 Å². The number of imidazole rings is 1. The first-order valence-corrected chi connectivity index (χ1v) is 17.9. The molecule has 14 nitrogen and oxygen atoms in total. The van der Waals surface area contributed by atoms with E-state index in [4.69, 9.17) is 30.4 Å². The van der Waals surface area contributed by atoms with Crippen LogP contribution in [0, 0.1) is 13.8 Å². The molecule has 2 aromatic heterocycles. The maximum Gasteiger partial charge on any atom is 0.328 e. The number of fused-ring (bicyclic) bond motifs is 3. The van der Waals surface area contributed by atoms with E-state index in [9.17, 15) is 19.2 Å². The van der Waals surface area contributed by atoms with E-state index in [2.05, 4.69) is 83.3 Å². The molecular weight excluding hydrogens is 692 g/mol. The first kappa shape index (κ1) is 40.9. The van der Waals surface area contributed by atoms with Crippen LogP contribution in [0.4, 0.5) is 11.4 Å². The zero-order valence-electron chi connectivity index (χ0n) is 30.8. The number of aryl methyl sites for hydroxylation is 5. The van der Waals surface area contributed by atoms with E-state index in [1.807, 2.05) is 0 Å². The molecule has 6 N–H and O–H groups in total. The van der Waals surface area contributed by atoms with Crippen molar-refractivity contribution in [1.29, 1.82) is 0 Å². The highest BCUT2D eigenvalue weighted by Crippen LogP contribution is 2.32. The summed E-state index contributed by atoms with van der Waals surface area (Å²) < 4.78 is 2.30. The molecule has 54 heavy (non-hydrogen) atoms. The quantitative estimate of drug-likeness (QED) is 0.0826. The number of hydrogen-bond donors (Lipinski definition) is 6.